The van der Waals surface area contributed by atoms with Gasteiger partial charge in [0.2, 0.25) is 5.96 Å². The molecule has 0 radical (unpaired) electrons. The normalized spacial score (nSPS) is 10.4. The van der Waals surface area contributed by atoms with Gasteiger partial charge in [-0.2, -0.15) is 5.10 Å². The van der Waals surface area contributed by atoms with Gasteiger partial charge in [0.1, 0.15) is 5.82 Å². The molecule has 0 atom stereocenters. The number of hydrogen-bond acceptors (Lipinski definition) is 5. The van der Waals surface area contributed by atoms with Gasteiger partial charge in [-0.25, -0.2) is 9.18 Å². The highest BCUT2D eigenvalue weighted by Crippen LogP contribution is 2.28. The van der Waals surface area contributed by atoms with Crippen LogP contribution in [0.25, 0.3) is 0 Å². The monoisotopic (exact) mass is 330 g/mol. The molecule has 0 saturated carbocycles. The van der Waals surface area contributed by atoms with Crippen LogP contribution in [0.4, 0.5) is 4.39 Å². The van der Waals surface area contributed by atoms with Crippen molar-refractivity contribution >= 4 is 18.1 Å². The molecule has 2 rings (SSSR count). The van der Waals surface area contributed by atoms with Crippen LogP contribution >= 0.6 is 0 Å². The van der Waals surface area contributed by atoms with E-state index in [-0.39, 0.29) is 23.0 Å². The van der Waals surface area contributed by atoms with Crippen molar-refractivity contribution in [2.45, 2.75) is 0 Å². The maximum atomic E-state index is 13.6. The first-order valence-corrected chi connectivity index (χ1v) is 6.78. The topological polar surface area (TPSA) is 112 Å². The number of methoxy groups -OCH3 is 1. The minimum Gasteiger partial charge on any atom is -0.493 e. The molecule has 4 N–H and O–H groups in total. The lowest BCUT2D eigenvalue weighted by atomic mass is 10.2. The molecule has 0 aromatic heterocycles. The van der Waals surface area contributed by atoms with Gasteiger partial charge in [-0.1, -0.05) is 12.1 Å². The summed E-state index contributed by atoms with van der Waals surface area (Å²) in [6, 6.07) is 10.2. The summed E-state index contributed by atoms with van der Waals surface area (Å²) in [7, 11) is 1.41. The minimum absolute atomic E-state index is 0.143. The molecule has 0 aliphatic carbocycles. The van der Waals surface area contributed by atoms with Gasteiger partial charge in [-0.05, 0) is 35.9 Å². The molecule has 124 valence electrons. The summed E-state index contributed by atoms with van der Waals surface area (Å²) in [6.07, 6.45) is 1.39. The lowest BCUT2D eigenvalue weighted by Crippen LogP contribution is -2.21. The predicted octanol–water partition coefficient (Wildman–Crippen LogP) is 1.66. The standard InChI is InChI=1S/C16H15FN4O3/c1-23-14-8-10(9-20-21-16(18)19)6-7-13(14)24-15(22)11-4-2-3-5-12(11)17/h2-9H,1H3,(H4,18,19,21)/b20-9+. The maximum absolute atomic E-state index is 13.6. The van der Waals surface area contributed by atoms with Gasteiger partial charge < -0.3 is 20.9 Å². The summed E-state index contributed by atoms with van der Waals surface area (Å²) >= 11 is 0. The molecule has 0 aliphatic rings. The fraction of sp³-hybridized carbons (Fsp3) is 0.0625. The van der Waals surface area contributed by atoms with Crippen LogP contribution < -0.4 is 20.9 Å². The van der Waals surface area contributed by atoms with Gasteiger partial charge in [0.05, 0.1) is 18.9 Å². The Bertz CT molecular complexity index is 802. The third kappa shape index (κ3) is 4.29. The fourth-order valence-corrected chi connectivity index (χ4v) is 1.79. The molecule has 7 nitrogen and oxygen atoms in total. The molecule has 8 heteroatoms. The van der Waals surface area contributed by atoms with E-state index in [0.29, 0.717) is 5.56 Å². The number of benzene rings is 2. The number of rotatable bonds is 5. The zero-order chi connectivity index (χ0) is 17.5. The molecule has 2 aromatic rings. The Hall–Kier alpha value is -3.42. The Morgan fingerprint density at radius 1 is 1.17 bits per heavy atom. The van der Waals surface area contributed by atoms with E-state index in [4.69, 9.17) is 20.9 Å². The van der Waals surface area contributed by atoms with Crippen LogP contribution in [-0.4, -0.2) is 25.3 Å². The van der Waals surface area contributed by atoms with Crippen molar-refractivity contribution in [2.75, 3.05) is 7.11 Å². The number of guanidine groups is 1. The number of ether oxygens (including phenoxy) is 2. The third-order valence-corrected chi connectivity index (χ3v) is 2.86. The van der Waals surface area contributed by atoms with Gasteiger partial charge in [0.25, 0.3) is 0 Å². The maximum Gasteiger partial charge on any atom is 0.346 e. The van der Waals surface area contributed by atoms with Gasteiger partial charge in [0.15, 0.2) is 11.5 Å². The number of esters is 1. The number of hydrogen-bond donors (Lipinski definition) is 2. The van der Waals surface area contributed by atoms with Crippen LogP contribution in [0.15, 0.2) is 52.7 Å². The summed E-state index contributed by atoms with van der Waals surface area (Å²) in [4.78, 5) is 12.0. The van der Waals surface area contributed by atoms with Crippen molar-refractivity contribution in [3.05, 3.63) is 59.4 Å². The number of nitrogens with two attached hydrogens (primary N) is 2. The number of nitrogens with zero attached hydrogens (tertiary/aromatic N) is 2. The molecule has 0 unspecified atom stereocenters. The van der Waals surface area contributed by atoms with Crippen LogP contribution in [0.1, 0.15) is 15.9 Å². The van der Waals surface area contributed by atoms with Crippen molar-refractivity contribution in [2.24, 2.45) is 21.7 Å². The highest BCUT2D eigenvalue weighted by molar-refractivity contribution is 5.92. The summed E-state index contributed by atoms with van der Waals surface area (Å²) in [5.41, 5.74) is 10.8. The minimum atomic E-state index is -0.826. The molecule has 24 heavy (non-hydrogen) atoms. The first-order chi connectivity index (χ1) is 11.5. The lowest BCUT2D eigenvalue weighted by Gasteiger charge is -2.10. The van der Waals surface area contributed by atoms with E-state index in [0.717, 1.165) is 0 Å². The molecule has 0 saturated heterocycles. The highest BCUT2D eigenvalue weighted by Gasteiger charge is 2.16. The van der Waals surface area contributed by atoms with Crippen molar-refractivity contribution in [3.63, 3.8) is 0 Å². The molecular weight excluding hydrogens is 315 g/mol. The zero-order valence-electron chi connectivity index (χ0n) is 12.8. The second-order valence-corrected chi connectivity index (χ2v) is 4.55. The molecule has 0 spiro atoms. The number of carbonyl (C=O) groups excluding carboxylic acids is 1. The van der Waals surface area contributed by atoms with Crippen LogP contribution in [0.5, 0.6) is 11.5 Å². The number of carbonyl (C=O) groups is 1. The van der Waals surface area contributed by atoms with Gasteiger partial charge in [-0.15, -0.1) is 5.10 Å². The molecule has 0 heterocycles. The average Bonchev–Trinajstić information content (AvgIpc) is 2.56. The largest absolute Gasteiger partial charge is 0.493 e. The summed E-state index contributed by atoms with van der Waals surface area (Å²) < 4.78 is 24.0. The summed E-state index contributed by atoms with van der Waals surface area (Å²) in [6.45, 7) is 0. The van der Waals surface area contributed by atoms with Crippen molar-refractivity contribution in [3.8, 4) is 11.5 Å². The van der Waals surface area contributed by atoms with Crippen LogP contribution in [0.3, 0.4) is 0 Å². The van der Waals surface area contributed by atoms with E-state index in [1.165, 1.54) is 37.6 Å². The Morgan fingerprint density at radius 2 is 1.92 bits per heavy atom. The fourth-order valence-electron chi connectivity index (χ4n) is 1.79. The molecule has 0 fully saturated rings. The predicted molar refractivity (Wildman–Crippen MR) is 87.8 cm³/mol. The Kier molecular flexibility index (Phi) is 5.45. The second kappa shape index (κ2) is 7.73. The second-order valence-electron chi connectivity index (χ2n) is 4.55. The quantitative estimate of drug-likeness (QED) is 0.285. The third-order valence-electron chi connectivity index (χ3n) is 2.86. The smallest absolute Gasteiger partial charge is 0.346 e. The Labute approximate surface area is 137 Å². The van der Waals surface area contributed by atoms with Gasteiger partial charge in [0, 0.05) is 0 Å². The first kappa shape index (κ1) is 16.9. The van der Waals surface area contributed by atoms with E-state index in [1.54, 1.807) is 18.2 Å². The highest BCUT2D eigenvalue weighted by atomic mass is 19.1. The van der Waals surface area contributed by atoms with Crippen LogP contribution in [0.2, 0.25) is 0 Å². The summed E-state index contributed by atoms with van der Waals surface area (Å²) in [5, 5.41) is 7.14. The van der Waals surface area contributed by atoms with Crippen molar-refractivity contribution < 1.29 is 18.7 Å². The van der Waals surface area contributed by atoms with E-state index in [2.05, 4.69) is 10.2 Å². The molecule has 0 aliphatic heterocycles. The Morgan fingerprint density at radius 3 is 2.58 bits per heavy atom. The van der Waals surface area contributed by atoms with E-state index < -0.39 is 11.8 Å². The molecular formula is C16H15FN4O3. The average molecular weight is 330 g/mol. The van der Waals surface area contributed by atoms with Gasteiger partial charge >= 0.3 is 5.97 Å². The van der Waals surface area contributed by atoms with E-state index in [9.17, 15) is 9.18 Å². The van der Waals surface area contributed by atoms with E-state index >= 15 is 0 Å². The lowest BCUT2D eigenvalue weighted by molar-refractivity contribution is 0.0725. The SMILES string of the molecule is COc1cc(/C=N/N=C(N)N)ccc1OC(=O)c1ccccc1F. The van der Waals surface area contributed by atoms with Crippen molar-refractivity contribution in [1.29, 1.82) is 0 Å². The van der Waals surface area contributed by atoms with Gasteiger partial charge in [-0.3, -0.25) is 0 Å². The zero-order valence-corrected chi connectivity index (χ0v) is 12.8. The molecule has 0 bridgehead atoms. The number of halogens is 1. The summed E-state index contributed by atoms with van der Waals surface area (Å²) in [5.74, 6) is -1.25. The first-order valence-electron chi connectivity index (χ1n) is 6.78. The Balaban J connectivity index is 2.22. The van der Waals surface area contributed by atoms with E-state index in [1.807, 2.05) is 0 Å². The van der Waals surface area contributed by atoms with Crippen LogP contribution in [0, 0.1) is 5.82 Å². The van der Waals surface area contributed by atoms with Crippen LogP contribution in [-0.2, 0) is 0 Å². The molecule has 2 aromatic carbocycles. The molecule has 0 amide bonds. The van der Waals surface area contributed by atoms with Crippen molar-refractivity contribution in [1.82, 2.24) is 0 Å².